The molecule has 0 amide bonds. The molecule has 3 aromatic rings. The first-order valence-electron chi connectivity index (χ1n) is 8.90. The number of benzene rings is 3. The monoisotopic (exact) mass is 417 g/mol. The van der Waals surface area contributed by atoms with E-state index in [1.807, 2.05) is 0 Å². The van der Waals surface area contributed by atoms with Gasteiger partial charge >= 0.3 is 0 Å². The minimum Gasteiger partial charge on any atom is -0.403 e. The molecule has 0 aliphatic carbocycles. The zero-order valence-corrected chi connectivity index (χ0v) is 16.4. The van der Waals surface area contributed by atoms with Gasteiger partial charge in [0.1, 0.15) is 11.6 Å². The number of halogens is 3. The molecule has 0 unspecified atom stereocenters. The molecule has 0 fully saturated rings. The zero-order chi connectivity index (χ0) is 20.9. The van der Waals surface area contributed by atoms with Gasteiger partial charge in [0, 0.05) is 12.1 Å². The van der Waals surface area contributed by atoms with Crippen molar-refractivity contribution in [3.63, 3.8) is 0 Å². The number of para-hydroxylation sites is 1. The summed E-state index contributed by atoms with van der Waals surface area (Å²) in [6, 6.07) is 17.3. The maximum Gasteiger partial charge on any atom is 0.274 e. The van der Waals surface area contributed by atoms with Crippen LogP contribution in [-0.2, 0) is 11.0 Å². The van der Waals surface area contributed by atoms with Crippen LogP contribution in [0, 0.1) is 21.7 Å². The molecule has 0 spiro atoms. The fourth-order valence-corrected chi connectivity index (χ4v) is 6.74. The molecule has 29 heavy (non-hydrogen) atoms. The first-order valence-corrected chi connectivity index (χ1v) is 11.0. The van der Waals surface area contributed by atoms with E-state index in [2.05, 4.69) is 0 Å². The molecule has 0 aromatic heterocycles. The number of hydrogen-bond acceptors (Lipinski definition) is 3. The van der Waals surface area contributed by atoms with Crippen LogP contribution in [0.15, 0.2) is 72.8 Å². The zero-order valence-electron chi connectivity index (χ0n) is 15.4. The molecule has 4 nitrogen and oxygen atoms in total. The second kappa shape index (κ2) is 9.02. The summed E-state index contributed by atoms with van der Waals surface area (Å²) in [5.41, 5.74) is 0.242. The highest BCUT2D eigenvalue weighted by atomic mass is 28.4. The Morgan fingerprint density at radius 2 is 1.38 bits per heavy atom. The van der Waals surface area contributed by atoms with Crippen molar-refractivity contribution < 1.29 is 22.5 Å². The third-order valence-corrected chi connectivity index (χ3v) is 8.79. The first kappa shape index (κ1) is 20.8. The summed E-state index contributed by atoms with van der Waals surface area (Å²) < 4.78 is 46.9. The predicted octanol–water partition coefficient (Wildman–Crippen LogP) is 4.12. The Bertz CT molecular complexity index is 936. The van der Waals surface area contributed by atoms with E-state index >= 15 is 0 Å². The summed E-state index contributed by atoms with van der Waals surface area (Å²) >= 11 is 0. The fraction of sp³-hybridized carbons (Fsp3) is 0.143. The van der Waals surface area contributed by atoms with E-state index in [1.165, 1.54) is 54.6 Å². The average Bonchev–Trinajstić information content (AvgIpc) is 2.72. The third kappa shape index (κ3) is 4.55. The van der Waals surface area contributed by atoms with Crippen molar-refractivity contribution >= 4 is 24.4 Å². The topological polar surface area (TPSA) is 52.4 Å². The van der Waals surface area contributed by atoms with E-state index in [4.69, 9.17) is 4.43 Å². The minimum absolute atomic E-state index is 0.00486. The van der Waals surface area contributed by atoms with E-state index in [0.29, 0.717) is 15.9 Å². The summed E-state index contributed by atoms with van der Waals surface area (Å²) in [6.45, 7) is -0.837. The minimum atomic E-state index is -3.27. The lowest BCUT2D eigenvalue weighted by molar-refractivity contribution is -0.385. The highest BCUT2D eigenvalue weighted by molar-refractivity contribution is 6.97. The van der Waals surface area contributed by atoms with Crippen LogP contribution >= 0.6 is 0 Å². The molecule has 0 atom stereocenters. The van der Waals surface area contributed by atoms with E-state index in [1.54, 1.807) is 18.2 Å². The van der Waals surface area contributed by atoms with Gasteiger partial charge in [-0.3, -0.25) is 14.5 Å². The Kier molecular flexibility index (Phi) is 6.45. The van der Waals surface area contributed by atoms with Crippen LogP contribution in [0.5, 0.6) is 0 Å². The Hall–Kier alpha value is -2.97. The van der Waals surface area contributed by atoms with E-state index in [0.717, 1.165) is 0 Å². The second-order valence-corrected chi connectivity index (χ2v) is 10.1. The normalized spacial score (nSPS) is 11.4. The fourth-order valence-electron chi connectivity index (χ4n) is 3.28. The van der Waals surface area contributed by atoms with Crippen molar-refractivity contribution in [2.24, 2.45) is 0 Å². The van der Waals surface area contributed by atoms with Gasteiger partial charge in [-0.2, -0.15) is 0 Å². The van der Waals surface area contributed by atoms with Gasteiger partial charge in [-0.15, -0.1) is 0 Å². The lowest BCUT2D eigenvalue weighted by atomic mass is 10.2. The smallest absolute Gasteiger partial charge is 0.274 e. The van der Waals surface area contributed by atoms with Crippen LogP contribution in [0.4, 0.5) is 18.9 Å². The molecule has 150 valence electrons. The van der Waals surface area contributed by atoms with Gasteiger partial charge in [-0.1, -0.05) is 36.4 Å². The van der Waals surface area contributed by atoms with Gasteiger partial charge in [0.2, 0.25) is 0 Å². The Morgan fingerprint density at radius 3 is 1.86 bits per heavy atom. The third-order valence-electron chi connectivity index (χ3n) is 4.73. The van der Waals surface area contributed by atoms with E-state index in [-0.39, 0.29) is 18.3 Å². The van der Waals surface area contributed by atoms with Crippen LogP contribution < -0.4 is 10.4 Å². The standard InChI is InChI=1S/C21H18F3NO3Si/c22-13-14-29(19-9-5-17(23)6-10-19,20-11-7-18(24)8-12-20)28-15-16-3-1-2-4-21(16)25(26)27/h1-12H,13-15H2. The number of nitrogens with zero attached hydrogens (tertiary/aromatic N) is 1. The molecule has 8 heteroatoms. The summed E-state index contributed by atoms with van der Waals surface area (Å²) in [5.74, 6) is -0.899. The van der Waals surface area contributed by atoms with E-state index in [9.17, 15) is 23.3 Å². The first-order chi connectivity index (χ1) is 14.0. The number of nitro benzene ring substituents is 1. The number of nitro groups is 1. The van der Waals surface area contributed by atoms with Crippen molar-refractivity contribution in [3.8, 4) is 0 Å². The second-order valence-electron chi connectivity index (χ2n) is 6.45. The molecular weight excluding hydrogens is 399 g/mol. The lowest BCUT2D eigenvalue weighted by Crippen LogP contribution is -2.61. The molecule has 0 heterocycles. The highest BCUT2D eigenvalue weighted by Crippen LogP contribution is 2.22. The highest BCUT2D eigenvalue weighted by Gasteiger charge is 2.40. The maximum absolute atomic E-state index is 13.6. The number of alkyl halides is 1. The van der Waals surface area contributed by atoms with Gasteiger partial charge in [0.15, 0.2) is 0 Å². The molecule has 0 aliphatic heterocycles. The summed E-state index contributed by atoms with van der Waals surface area (Å²) in [4.78, 5) is 10.8. The summed E-state index contributed by atoms with van der Waals surface area (Å²) in [5, 5.41) is 12.5. The van der Waals surface area contributed by atoms with Crippen molar-refractivity contribution in [2.75, 3.05) is 6.67 Å². The largest absolute Gasteiger partial charge is 0.403 e. The van der Waals surface area contributed by atoms with Crippen molar-refractivity contribution in [3.05, 3.63) is 100 Å². The molecule has 0 saturated carbocycles. The van der Waals surface area contributed by atoms with Gasteiger partial charge in [-0.05, 0) is 40.7 Å². The molecular formula is C21H18F3NO3Si. The average molecular weight is 417 g/mol. The predicted molar refractivity (Wildman–Crippen MR) is 106 cm³/mol. The number of rotatable bonds is 8. The Balaban J connectivity index is 2.07. The lowest BCUT2D eigenvalue weighted by Gasteiger charge is -2.32. The molecule has 0 bridgehead atoms. The molecule has 0 aliphatic rings. The SMILES string of the molecule is O=[N+]([O-])c1ccccc1CO[Si](CCF)(c1ccc(F)cc1)c1ccc(F)cc1. The molecule has 3 aromatic carbocycles. The Labute approximate surface area is 166 Å². The molecule has 3 rings (SSSR count). The van der Waals surface area contributed by atoms with Crippen molar-refractivity contribution in [1.29, 1.82) is 0 Å². The van der Waals surface area contributed by atoms with Crippen molar-refractivity contribution in [2.45, 2.75) is 12.7 Å². The summed E-state index contributed by atoms with van der Waals surface area (Å²) in [6.07, 6.45) is 0. The number of hydrogen-bond donors (Lipinski definition) is 0. The van der Waals surface area contributed by atoms with Gasteiger partial charge in [0.05, 0.1) is 23.8 Å². The van der Waals surface area contributed by atoms with Crippen LogP contribution in [0.25, 0.3) is 0 Å². The van der Waals surface area contributed by atoms with Crippen LogP contribution in [0.1, 0.15) is 5.56 Å². The molecule has 0 saturated heterocycles. The quantitative estimate of drug-likeness (QED) is 0.315. The summed E-state index contributed by atoms with van der Waals surface area (Å²) in [7, 11) is -3.27. The molecule has 0 radical (unpaired) electrons. The Morgan fingerprint density at radius 1 is 0.862 bits per heavy atom. The van der Waals surface area contributed by atoms with E-state index < -0.39 is 31.5 Å². The van der Waals surface area contributed by atoms with Crippen LogP contribution in [0.3, 0.4) is 0 Å². The van der Waals surface area contributed by atoms with Gasteiger partial charge in [0.25, 0.3) is 14.0 Å². The van der Waals surface area contributed by atoms with Crippen LogP contribution in [-0.4, -0.2) is 19.9 Å². The maximum atomic E-state index is 13.6. The molecule has 0 N–H and O–H groups in total. The van der Waals surface area contributed by atoms with Gasteiger partial charge < -0.3 is 4.43 Å². The van der Waals surface area contributed by atoms with Gasteiger partial charge in [-0.25, -0.2) is 8.78 Å². The van der Waals surface area contributed by atoms with Crippen molar-refractivity contribution in [1.82, 2.24) is 0 Å². The van der Waals surface area contributed by atoms with Crippen LogP contribution in [0.2, 0.25) is 6.04 Å².